The maximum absolute atomic E-state index is 11.8. The molecule has 2 rings (SSSR count). The minimum absolute atomic E-state index is 0.173. The maximum Gasteiger partial charge on any atom is 0.253 e. The van der Waals surface area contributed by atoms with Gasteiger partial charge in [0.05, 0.1) is 5.56 Å². The zero-order valence-electron chi connectivity index (χ0n) is 9.49. The first kappa shape index (κ1) is 11.9. The van der Waals surface area contributed by atoms with Gasteiger partial charge in [-0.3, -0.25) is 4.79 Å². The highest BCUT2D eigenvalue weighted by Gasteiger charge is 2.19. The summed E-state index contributed by atoms with van der Waals surface area (Å²) < 4.78 is 10.4. The molecule has 0 aromatic heterocycles. The van der Waals surface area contributed by atoms with Gasteiger partial charge < -0.3 is 20.5 Å². The Balaban J connectivity index is 2.12. The molecule has 1 aliphatic heterocycles. The Hall–Kier alpha value is -1.56. The summed E-state index contributed by atoms with van der Waals surface area (Å²) in [4.78, 5) is 11.8. The van der Waals surface area contributed by atoms with Gasteiger partial charge in [0.15, 0.2) is 11.5 Å². The van der Waals surface area contributed by atoms with E-state index in [0.717, 1.165) is 5.75 Å². The molecule has 17 heavy (non-hydrogen) atoms. The minimum Gasteiger partial charge on any atom is -0.454 e. The number of carbonyl (C=O) groups excluding carboxylic acids is 1. The van der Waals surface area contributed by atoms with Crippen LogP contribution in [0.1, 0.15) is 10.4 Å². The van der Waals surface area contributed by atoms with E-state index in [1.807, 2.05) is 6.26 Å². The van der Waals surface area contributed by atoms with Crippen LogP contribution in [0.5, 0.6) is 11.5 Å². The van der Waals surface area contributed by atoms with Gasteiger partial charge in [-0.2, -0.15) is 11.8 Å². The smallest absolute Gasteiger partial charge is 0.253 e. The highest BCUT2D eigenvalue weighted by atomic mass is 32.2. The lowest BCUT2D eigenvalue weighted by Gasteiger charge is -2.08. The molecule has 0 unspecified atom stereocenters. The van der Waals surface area contributed by atoms with Crippen LogP contribution in [-0.4, -0.2) is 31.3 Å². The summed E-state index contributed by atoms with van der Waals surface area (Å²) in [5.74, 6) is 1.84. The molecule has 1 amide bonds. The van der Waals surface area contributed by atoms with Gasteiger partial charge >= 0.3 is 0 Å². The Morgan fingerprint density at radius 3 is 2.88 bits per heavy atom. The first-order valence-corrected chi connectivity index (χ1v) is 6.58. The van der Waals surface area contributed by atoms with Crippen molar-refractivity contribution in [3.05, 3.63) is 17.7 Å². The number of fused-ring (bicyclic) bond motifs is 1. The standard InChI is InChI=1S/C11H14N2O3S/c1-17-3-2-13-11(14)7-4-9-10(5-8(7)12)16-6-15-9/h4-5H,2-3,6,12H2,1H3,(H,13,14). The van der Waals surface area contributed by atoms with E-state index in [-0.39, 0.29) is 12.7 Å². The number of nitrogen functional groups attached to an aromatic ring is 1. The molecular weight excluding hydrogens is 240 g/mol. The van der Waals surface area contributed by atoms with Crippen molar-refractivity contribution in [3.8, 4) is 11.5 Å². The predicted molar refractivity (Wildman–Crippen MR) is 67.7 cm³/mol. The topological polar surface area (TPSA) is 73.6 Å². The SMILES string of the molecule is CSCCNC(=O)c1cc2c(cc1N)OCO2. The van der Waals surface area contributed by atoms with Crippen molar-refractivity contribution >= 4 is 23.4 Å². The van der Waals surface area contributed by atoms with Crippen LogP contribution >= 0.6 is 11.8 Å². The van der Waals surface area contributed by atoms with E-state index in [0.29, 0.717) is 29.3 Å². The number of nitrogens with one attached hydrogen (secondary N) is 1. The predicted octanol–water partition coefficient (Wildman–Crippen LogP) is 1.09. The largest absolute Gasteiger partial charge is 0.454 e. The Morgan fingerprint density at radius 2 is 2.18 bits per heavy atom. The number of rotatable bonds is 4. The van der Waals surface area contributed by atoms with Crippen LogP contribution in [0.2, 0.25) is 0 Å². The van der Waals surface area contributed by atoms with Crippen LogP contribution in [0.15, 0.2) is 12.1 Å². The molecule has 0 atom stereocenters. The zero-order valence-corrected chi connectivity index (χ0v) is 10.3. The zero-order chi connectivity index (χ0) is 12.3. The van der Waals surface area contributed by atoms with Crippen molar-refractivity contribution in [2.24, 2.45) is 0 Å². The molecular formula is C11H14N2O3S. The number of ether oxygens (including phenoxy) is 2. The molecule has 0 spiro atoms. The average molecular weight is 254 g/mol. The van der Waals surface area contributed by atoms with Crippen molar-refractivity contribution < 1.29 is 14.3 Å². The number of nitrogens with two attached hydrogens (primary N) is 1. The molecule has 92 valence electrons. The normalized spacial score (nSPS) is 12.5. The molecule has 1 aromatic rings. The molecule has 1 aromatic carbocycles. The summed E-state index contributed by atoms with van der Waals surface area (Å²) in [6, 6.07) is 3.23. The fraction of sp³-hybridized carbons (Fsp3) is 0.364. The molecule has 0 aliphatic carbocycles. The van der Waals surface area contributed by atoms with Gasteiger partial charge in [-0.05, 0) is 12.3 Å². The van der Waals surface area contributed by atoms with Gasteiger partial charge in [0.2, 0.25) is 6.79 Å². The quantitative estimate of drug-likeness (QED) is 0.621. The Bertz CT molecular complexity index is 437. The fourth-order valence-corrected chi connectivity index (χ4v) is 1.82. The van der Waals surface area contributed by atoms with Gasteiger partial charge in [0.25, 0.3) is 5.91 Å². The van der Waals surface area contributed by atoms with E-state index in [4.69, 9.17) is 15.2 Å². The number of thioether (sulfide) groups is 1. The fourth-order valence-electron chi connectivity index (χ4n) is 1.52. The summed E-state index contributed by atoms with van der Waals surface area (Å²) in [5, 5.41) is 2.80. The summed E-state index contributed by atoms with van der Waals surface area (Å²) >= 11 is 1.67. The minimum atomic E-state index is -0.185. The second kappa shape index (κ2) is 5.18. The van der Waals surface area contributed by atoms with Gasteiger partial charge in [-0.25, -0.2) is 0 Å². The summed E-state index contributed by atoms with van der Waals surface area (Å²) in [7, 11) is 0. The number of amides is 1. The summed E-state index contributed by atoms with van der Waals surface area (Å²) in [6.07, 6.45) is 1.99. The molecule has 0 bridgehead atoms. The van der Waals surface area contributed by atoms with Gasteiger partial charge in [0, 0.05) is 24.1 Å². The molecule has 1 aliphatic rings. The third-order valence-corrected chi connectivity index (χ3v) is 2.99. The van der Waals surface area contributed by atoms with E-state index in [2.05, 4.69) is 5.32 Å². The highest BCUT2D eigenvalue weighted by molar-refractivity contribution is 7.98. The molecule has 3 N–H and O–H groups in total. The Kier molecular flexibility index (Phi) is 3.63. The van der Waals surface area contributed by atoms with E-state index in [1.54, 1.807) is 23.9 Å². The van der Waals surface area contributed by atoms with E-state index in [1.165, 1.54) is 0 Å². The second-order valence-electron chi connectivity index (χ2n) is 3.54. The average Bonchev–Trinajstić information content (AvgIpc) is 2.75. The molecule has 1 heterocycles. The van der Waals surface area contributed by atoms with E-state index < -0.39 is 0 Å². The lowest BCUT2D eigenvalue weighted by molar-refractivity contribution is 0.0956. The molecule has 0 saturated heterocycles. The van der Waals surface area contributed by atoms with Crippen LogP contribution in [-0.2, 0) is 0 Å². The van der Waals surface area contributed by atoms with Crippen molar-refractivity contribution in [1.29, 1.82) is 0 Å². The molecule has 5 nitrogen and oxygen atoms in total. The third kappa shape index (κ3) is 2.58. The maximum atomic E-state index is 11.8. The molecule has 0 fully saturated rings. The first-order valence-electron chi connectivity index (χ1n) is 5.18. The summed E-state index contributed by atoms with van der Waals surface area (Å²) in [6.45, 7) is 0.792. The molecule has 0 saturated carbocycles. The van der Waals surface area contributed by atoms with Gasteiger partial charge in [-0.1, -0.05) is 0 Å². The van der Waals surface area contributed by atoms with Crippen LogP contribution < -0.4 is 20.5 Å². The molecule has 6 heteroatoms. The van der Waals surface area contributed by atoms with Crippen molar-refractivity contribution in [2.75, 3.05) is 31.1 Å². The van der Waals surface area contributed by atoms with Crippen LogP contribution in [0, 0.1) is 0 Å². The number of benzene rings is 1. The van der Waals surface area contributed by atoms with Crippen molar-refractivity contribution in [1.82, 2.24) is 5.32 Å². The number of carbonyl (C=O) groups is 1. The highest BCUT2D eigenvalue weighted by Crippen LogP contribution is 2.35. The third-order valence-electron chi connectivity index (χ3n) is 2.38. The van der Waals surface area contributed by atoms with E-state index in [9.17, 15) is 4.79 Å². The summed E-state index contributed by atoms with van der Waals surface area (Å²) in [5.41, 5.74) is 6.62. The monoisotopic (exact) mass is 254 g/mol. The Morgan fingerprint density at radius 1 is 1.47 bits per heavy atom. The number of hydrogen-bond acceptors (Lipinski definition) is 5. The number of hydrogen-bond donors (Lipinski definition) is 2. The van der Waals surface area contributed by atoms with Crippen molar-refractivity contribution in [3.63, 3.8) is 0 Å². The van der Waals surface area contributed by atoms with Crippen LogP contribution in [0.25, 0.3) is 0 Å². The number of anilines is 1. The van der Waals surface area contributed by atoms with Gasteiger partial charge in [0.1, 0.15) is 0 Å². The van der Waals surface area contributed by atoms with E-state index >= 15 is 0 Å². The van der Waals surface area contributed by atoms with Crippen molar-refractivity contribution in [2.45, 2.75) is 0 Å². The van der Waals surface area contributed by atoms with Crippen LogP contribution in [0.4, 0.5) is 5.69 Å². The van der Waals surface area contributed by atoms with Gasteiger partial charge in [-0.15, -0.1) is 0 Å². The lowest BCUT2D eigenvalue weighted by Crippen LogP contribution is -2.26. The van der Waals surface area contributed by atoms with Crippen LogP contribution in [0.3, 0.4) is 0 Å². The second-order valence-corrected chi connectivity index (χ2v) is 4.53. The lowest BCUT2D eigenvalue weighted by atomic mass is 10.1. The first-order chi connectivity index (χ1) is 8.22. The Labute approximate surface area is 104 Å². The molecule has 0 radical (unpaired) electrons.